The molecule has 1 aliphatic rings. The molecular weight excluding hydrogens is 334 g/mol. The van der Waals surface area contributed by atoms with E-state index in [0.29, 0.717) is 21.6 Å². The van der Waals surface area contributed by atoms with Crippen molar-refractivity contribution in [3.05, 3.63) is 34.7 Å². The number of esters is 1. The van der Waals surface area contributed by atoms with Crippen LogP contribution in [0.5, 0.6) is 5.75 Å². The minimum Gasteiger partial charge on any atom is -0.493 e. The summed E-state index contributed by atoms with van der Waals surface area (Å²) in [5.41, 5.74) is 0.797. The molecule has 1 aromatic rings. The zero-order valence-corrected chi connectivity index (χ0v) is 14.5. The van der Waals surface area contributed by atoms with E-state index in [0.717, 1.165) is 5.56 Å². The molecule has 2 rings (SSSR count). The lowest BCUT2D eigenvalue weighted by atomic mass is 10.2. The van der Waals surface area contributed by atoms with E-state index in [9.17, 15) is 9.59 Å². The van der Waals surface area contributed by atoms with Crippen LogP contribution in [-0.4, -0.2) is 40.9 Å². The summed E-state index contributed by atoms with van der Waals surface area (Å²) in [6.45, 7) is 4.26. The van der Waals surface area contributed by atoms with Gasteiger partial charge in [-0.05, 0) is 26.0 Å². The monoisotopic (exact) mass is 351 g/mol. The number of benzene rings is 1. The second-order valence-corrected chi connectivity index (χ2v) is 6.22. The third-order valence-electron chi connectivity index (χ3n) is 2.97. The van der Waals surface area contributed by atoms with Gasteiger partial charge in [-0.25, -0.2) is 0 Å². The maximum Gasteiger partial charge on any atom is 0.326 e. The maximum atomic E-state index is 12.4. The van der Waals surface area contributed by atoms with Gasteiger partial charge in [0.2, 0.25) is 0 Å². The molecular formula is C16H17NO4S2. The highest BCUT2D eigenvalue weighted by Crippen LogP contribution is 2.34. The van der Waals surface area contributed by atoms with E-state index >= 15 is 0 Å². The van der Waals surface area contributed by atoms with Crippen molar-refractivity contribution in [2.75, 3.05) is 19.8 Å². The van der Waals surface area contributed by atoms with E-state index in [2.05, 4.69) is 0 Å². The van der Waals surface area contributed by atoms with Gasteiger partial charge in [-0.2, -0.15) is 0 Å². The SMILES string of the molecule is CCOC(=O)CN1C(=O)C(=Cc2ccccc2OCC)SC1=S. The van der Waals surface area contributed by atoms with E-state index < -0.39 is 5.97 Å². The first kappa shape index (κ1) is 17.5. The molecule has 1 aliphatic heterocycles. The number of thiocarbonyl (C=S) groups is 1. The predicted molar refractivity (Wildman–Crippen MR) is 94.1 cm³/mol. The van der Waals surface area contributed by atoms with Crippen LogP contribution < -0.4 is 4.74 Å². The van der Waals surface area contributed by atoms with Crippen molar-refractivity contribution in [2.24, 2.45) is 0 Å². The van der Waals surface area contributed by atoms with Crippen molar-refractivity contribution in [3.63, 3.8) is 0 Å². The van der Waals surface area contributed by atoms with Gasteiger partial charge in [-0.3, -0.25) is 14.5 Å². The van der Waals surface area contributed by atoms with E-state index in [1.807, 2.05) is 31.2 Å². The largest absolute Gasteiger partial charge is 0.493 e. The van der Waals surface area contributed by atoms with Crippen molar-refractivity contribution < 1.29 is 19.1 Å². The van der Waals surface area contributed by atoms with Crippen molar-refractivity contribution in [1.82, 2.24) is 4.90 Å². The second-order valence-electron chi connectivity index (χ2n) is 4.54. The molecule has 0 radical (unpaired) electrons. The highest BCUT2D eigenvalue weighted by Gasteiger charge is 2.33. The fraction of sp³-hybridized carbons (Fsp3) is 0.312. The Kier molecular flexibility index (Phi) is 6.18. The number of amides is 1. The molecule has 0 N–H and O–H groups in total. The zero-order chi connectivity index (χ0) is 16.8. The number of para-hydroxylation sites is 1. The number of ether oxygens (including phenoxy) is 2. The van der Waals surface area contributed by atoms with Crippen LogP contribution >= 0.6 is 24.0 Å². The fourth-order valence-electron chi connectivity index (χ4n) is 2.00. The summed E-state index contributed by atoms with van der Waals surface area (Å²) in [5.74, 6) is -0.0650. The average molecular weight is 351 g/mol. The van der Waals surface area contributed by atoms with Gasteiger partial charge >= 0.3 is 5.97 Å². The molecule has 0 saturated carbocycles. The molecule has 0 aliphatic carbocycles. The second kappa shape index (κ2) is 8.12. The van der Waals surface area contributed by atoms with Crippen molar-refractivity contribution in [3.8, 4) is 5.75 Å². The van der Waals surface area contributed by atoms with Crippen LogP contribution in [0.2, 0.25) is 0 Å². The Bertz CT molecular complexity index is 657. The van der Waals surface area contributed by atoms with Crippen LogP contribution in [0.3, 0.4) is 0 Å². The quantitative estimate of drug-likeness (QED) is 0.446. The molecule has 1 saturated heterocycles. The minimum atomic E-state index is -0.472. The maximum absolute atomic E-state index is 12.4. The number of hydrogen-bond acceptors (Lipinski definition) is 6. The zero-order valence-electron chi connectivity index (χ0n) is 12.9. The number of carbonyl (C=O) groups is 2. The van der Waals surface area contributed by atoms with Crippen LogP contribution in [-0.2, 0) is 14.3 Å². The highest BCUT2D eigenvalue weighted by atomic mass is 32.2. The molecule has 1 amide bonds. The predicted octanol–water partition coefficient (Wildman–Crippen LogP) is 2.85. The molecule has 0 aromatic heterocycles. The lowest BCUT2D eigenvalue weighted by molar-refractivity contribution is -0.145. The van der Waals surface area contributed by atoms with E-state index in [-0.39, 0.29) is 19.1 Å². The first-order valence-corrected chi connectivity index (χ1v) is 8.42. The van der Waals surface area contributed by atoms with Crippen molar-refractivity contribution in [1.29, 1.82) is 0 Å². The molecule has 122 valence electrons. The van der Waals surface area contributed by atoms with Gasteiger partial charge in [0.25, 0.3) is 5.91 Å². The number of hydrogen-bond donors (Lipinski definition) is 0. The Labute approximate surface area is 144 Å². The average Bonchev–Trinajstić information content (AvgIpc) is 2.77. The summed E-state index contributed by atoms with van der Waals surface area (Å²) < 4.78 is 10.8. The lowest BCUT2D eigenvalue weighted by Crippen LogP contribution is -2.34. The first-order valence-electron chi connectivity index (χ1n) is 7.19. The molecule has 0 atom stereocenters. The van der Waals surface area contributed by atoms with Gasteiger partial charge < -0.3 is 9.47 Å². The number of carbonyl (C=O) groups excluding carboxylic acids is 2. The molecule has 7 heteroatoms. The normalized spacial score (nSPS) is 16.1. The molecule has 1 aromatic carbocycles. The van der Waals surface area contributed by atoms with Gasteiger partial charge in [0.05, 0.1) is 18.1 Å². The van der Waals surface area contributed by atoms with Gasteiger partial charge in [0.1, 0.15) is 16.6 Å². The van der Waals surface area contributed by atoms with Crippen molar-refractivity contribution in [2.45, 2.75) is 13.8 Å². The minimum absolute atomic E-state index is 0.164. The van der Waals surface area contributed by atoms with Crippen LogP contribution in [0.15, 0.2) is 29.2 Å². The van der Waals surface area contributed by atoms with Gasteiger partial charge in [0, 0.05) is 5.56 Å². The molecule has 23 heavy (non-hydrogen) atoms. The van der Waals surface area contributed by atoms with Crippen LogP contribution in [0.25, 0.3) is 6.08 Å². The van der Waals surface area contributed by atoms with Crippen LogP contribution in [0, 0.1) is 0 Å². The summed E-state index contributed by atoms with van der Waals surface area (Å²) in [7, 11) is 0. The Balaban J connectivity index is 2.20. The van der Waals surface area contributed by atoms with Crippen LogP contribution in [0.4, 0.5) is 0 Å². The lowest BCUT2D eigenvalue weighted by Gasteiger charge is -2.12. The molecule has 1 heterocycles. The number of nitrogens with zero attached hydrogens (tertiary/aromatic N) is 1. The van der Waals surface area contributed by atoms with Gasteiger partial charge in [0.15, 0.2) is 0 Å². The molecule has 0 spiro atoms. The summed E-state index contributed by atoms with van der Waals surface area (Å²) in [6, 6.07) is 7.44. The van der Waals surface area contributed by atoms with E-state index in [4.69, 9.17) is 21.7 Å². The Hall–Kier alpha value is -1.86. The smallest absolute Gasteiger partial charge is 0.326 e. The fourth-order valence-corrected chi connectivity index (χ4v) is 3.25. The third-order valence-corrected chi connectivity index (χ3v) is 4.35. The Morgan fingerprint density at radius 3 is 2.74 bits per heavy atom. The summed E-state index contributed by atoms with van der Waals surface area (Å²) in [6.07, 6.45) is 1.73. The van der Waals surface area contributed by atoms with Crippen molar-refractivity contribution >= 4 is 46.3 Å². The summed E-state index contributed by atoms with van der Waals surface area (Å²) >= 11 is 6.35. The first-order chi connectivity index (χ1) is 11.1. The molecule has 0 bridgehead atoms. The number of rotatable bonds is 6. The summed E-state index contributed by atoms with van der Waals surface area (Å²) in [5, 5.41) is 0. The van der Waals surface area contributed by atoms with E-state index in [1.54, 1.807) is 13.0 Å². The third kappa shape index (κ3) is 4.33. The van der Waals surface area contributed by atoms with Gasteiger partial charge in [-0.1, -0.05) is 42.2 Å². The highest BCUT2D eigenvalue weighted by molar-refractivity contribution is 8.26. The summed E-state index contributed by atoms with van der Waals surface area (Å²) in [4.78, 5) is 25.7. The topological polar surface area (TPSA) is 55.8 Å². The molecule has 1 fully saturated rings. The Morgan fingerprint density at radius 1 is 1.30 bits per heavy atom. The number of thioether (sulfide) groups is 1. The van der Waals surface area contributed by atoms with Gasteiger partial charge in [-0.15, -0.1) is 0 Å². The molecule has 0 unspecified atom stereocenters. The van der Waals surface area contributed by atoms with Crippen LogP contribution in [0.1, 0.15) is 19.4 Å². The standard InChI is InChI=1S/C16H17NO4S2/c1-3-20-12-8-6-5-7-11(12)9-13-15(19)17(16(22)23-13)10-14(18)21-4-2/h5-9H,3-4,10H2,1-2H3. The molecule has 5 nitrogen and oxygen atoms in total. The Morgan fingerprint density at radius 2 is 2.04 bits per heavy atom. The van der Waals surface area contributed by atoms with E-state index in [1.165, 1.54) is 16.7 Å².